The summed E-state index contributed by atoms with van der Waals surface area (Å²) in [7, 11) is 1.62. The molecular formula is C18H18N2O2. The Kier molecular flexibility index (Phi) is 3.94. The molecule has 0 aliphatic rings. The summed E-state index contributed by atoms with van der Waals surface area (Å²) < 4.78 is 5.12. The van der Waals surface area contributed by atoms with Crippen molar-refractivity contribution in [2.45, 2.75) is 13.0 Å². The topological polar surface area (TPSA) is 58.1 Å². The molecule has 0 amide bonds. The number of rotatable bonds is 4. The van der Waals surface area contributed by atoms with E-state index < -0.39 is 6.10 Å². The Morgan fingerprint density at radius 1 is 1.09 bits per heavy atom. The molecule has 1 atom stereocenters. The van der Waals surface area contributed by atoms with Gasteiger partial charge in [-0.3, -0.25) is 0 Å². The van der Waals surface area contributed by atoms with Gasteiger partial charge >= 0.3 is 0 Å². The normalized spacial score (nSPS) is 12.1. The molecule has 3 rings (SSSR count). The van der Waals surface area contributed by atoms with Gasteiger partial charge in [-0.2, -0.15) is 0 Å². The first-order valence-electron chi connectivity index (χ1n) is 7.12. The van der Waals surface area contributed by atoms with Gasteiger partial charge in [-0.1, -0.05) is 36.4 Å². The second kappa shape index (κ2) is 6.03. The summed E-state index contributed by atoms with van der Waals surface area (Å²) in [6, 6.07) is 15.4. The minimum atomic E-state index is -0.788. The highest BCUT2D eigenvalue weighted by molar-refractivity contribution is 5.62. The van der Waals surface area contributed by atoms with Gasteiger partial charge in [-0.15, -0.1) is 0 Å². The zero-order valence-corrected chi connectivity index (χ0v) is 12.6. The predicted octanol–water partition coefficient (Wildman–Crippen LogP) is 3.48. The number of benzene rings is 2. The van der Waals surface area contributed by atoms with E-state index in [4.69, 9.17) is 4.74 Å². The molecule has 0 saturated carbocycles. The van der Waals surface area contributed by atoms with Crippen molar-refractivity contribution >= 4 is 0 Å². The fourth-order valence-electron chi connectivity index (χ4n) is 2.43. The van der Waals surface area contributed by atoms with Gasteiger partial charge < -0.3 is 14.8 Å². The highest BCUT2D eigenvalue weighted by Gasteiger charge is 2.15. The number of nitrogens with zero attached hydrogens (tertiary/aromatic N) is 1. The predicted molar refractivity (Wildman–Crippen MR) is 85.8 cm³/mol. The third kappa shape index (κ3) is 2.73. The van der Waals surface area contributed by atoms with Crippen LogP contribution in [0.2, 0.25) is 0 Å². The van der Waals surface area contributed by atoms with Crippen LogP contribution >= 0.6 is 0 Å². The summed E-state index contributed by atoms with van der Waals surface area (Å²) in [5.74, 6) is 1.29. The van der Waals surface area contributed by atoms with Crippen molar-refractivity contribution in [3.8, 4) is 17.0 Å². The van der Waals surface area contributed by atoms with Crippen LogP contribution in [-0.4, -0.2) is 22.2 Å². The maximum atomic E-state index is 10.5. The van der Waals surface area contributed by atoms with Crippen LogP contribution < -0.4 is 4.74 Å². The molecule has 0 aliphatic carbocycles. The molecule has 4 heteroatoms. The van der Waals surface area contributed by atoms with Gasteiger partial charge in [0.1, 0.15) is 17.7 Å². The lowest BCUT2D eigenvalue weighted by atomic mass is 10.1. The lowest BCUT2D eigenvalue weighted by molar-refractivity contribution is 0.211. The van der Waals surface area contributed by atoms with E-state index >= 15 is 0 Å². The molecule has 1 aromatic heterocycles. The van der Waals surface area contributed by atoms with E-state index in [-0.39, 0.29) is 0 Å². The average Bonchev–Trinajstić information content (AvgIpc) is 3.04. The van der Waals surface area contributed by atoms with Crippen molar-refractivity contribution in [3.63, 3.8) is 0 Å². The van der Waals surface area contributed by atoms with Crippen LogP contribution in [0, 0.1) is 6.92 Å². The van der Waals surface area contributed by atoms with Gasteiger partial charge in [0.05, 0.1) is 19.0 Å². The number of aliphatic hydroxyl groups excluding tert-OH is 1. The number of aromatic nitrogens is 2. The van der Waals surface area contributed by atoms with Crippen LogP contribution in [0.5, 0.6) is 5.75 Å². The summed E-state index contributed by atoms with van der Waals surface area (Å²) in [5, 5.41) is 10.5. The quantitative estimate of drug-likeness (QED) is 0.774. The van der Waals surface area contributed by atoms with Crippen LogP contribution in [0.3, 0.4) is 0 Å². The molecule has 0 saturated heterocycles. The van der Waals surface area contributed by atoms with E-state index in [1.807, 2.05) is 42.5 Å². The Labute approximate surface area is 129 Å². The third-order valence-electron chi connectivity index (χ3n) is 3.72. The Hall–Kier alpha value is -2.59. The first-order chi connectivity index (χ1) is 10.7. The maximum absolute atomic E-state index is 10.5. The molecular weight excluding hydrogens is 276 g/mol. The van der Waals surface area contributed by atoms with E-state index in [1.165, 1.54) is 0 Å². The van der Waals surface area contributed by atoms with Gasteiger partial charge in [-0.25, -0.2) is 4.98 Å². The number of hydrogen-bond donors (Lipinski definition) is 2. The lowest BCUT2D eigenvalue weighted by Gasteiger charge is -2.09. The number of nitrogens with one attached hydrogen (secondary N) is 1. The number of methoxy groups -OCH3 is 1. The summed E-state index contributed by atoms with van der Waals surface area (Å²) >= 11 is 0. The molecule has 2 N–H and O–H groups in total. The standard InChI is InChI=1S/C18H18N2O2/c1-12-5-3-4-6-15(12)16-11-19-18(20-16)17(21)13-7-9-14(22-2)10-8-13/h3-11,17,21H,1-2H3,(H,19,20). The van der Waals surface area contributed by atoms with Gasteiger partial charge in [-0.05, 0) is 30.2 Å². The number of imidazole rings is 1. The highest BCUT2D eigenvalue weighted by atomic mass is 16.5. The van der Waals surface area contributed by atoms with Gasteiger partial charge in [0.2, 0.25) is 0 Å². The number of aryl methyl sites for hydroxylation is 1. The molecule has 4 nitrogen and oxygen atoms in total. The minimum absolute atomic E-state index is 0.531. The molecule has 0 aliphatic heterocycles. The first kappa shape index (κ1) is 14.4. The smallest absolute Gasteiger partial charge is 0.140 e. The Balaban J connectivity index is 1.88. The molecule has 22 heavy (non-hydrogen) atoms. The molecule has 0 spiro atoms. The molecule has 112 valence electrons. The fraction of sp³-hybridized carbons (Fsp3) is 0.167. The largest absolute Gasteiger partial charge is 0.497 e. The van der Waals surface area contributed by atoms with Crippen molar-refractivity contribution in [1.82, 2.24) is 9.97 Å². The second-order valence-electron chi connectivity index (χ2n) is 5.17. The van der Waals surface area contributed by atoms with E-state index in [2.05, 4.69) is 23.0 Å². The first-order valence-corrected chi connectivity index (χ1v) is 7.12. The van der Waals surface area contributed by atoms with Crippen LogP contribution in [0.1, 0.15) is 23.1 Å². The van der Waals surface area contributed by atoms with E-state index in [0.717, 1.165) is 28.1 Å². The van der Waals surface area contributed by atoms with Crippen molar-refractivity contribution in [3.05, 3.63) is 71.7 Å². The number of aliphatic hydroxyl groups is 1. The van der Waals surface area contributed by atoms with E-state index in [9.17, 15) is 5.11 Å². The van der Waals surface area contributed by atoms with E-state index in [0.29, 0.717) is 5.82 Å². The molecule has 2 aromatic carbocycles. The number of aromatic amines is 1. The third-order valence-corrected chi connectivity index (χ3v) is 3.72. The average molecular weight is 294 g/mol. The number of hydrogen-bond acceptors (Lipinski definition) is 3. The molecule has 1 heterocycles. The molecule has 0 radical (unpaired) electrons. The summed E-state index contributed by atoms with van der Waals surface area (Å²) in [6.07, 6.45) is 0.966. The van der Waals surface area contributed by atoms with Crippen LogP contribution in [-0.2, 0) is 0 Å². The molecule has 1 unspecified atom stereocenters. The van der Waals surface area contributed by atoms with Gasteiger partial charge in [0, 0.05) is 5.56 Å². The number of ether oxygens (including phenoxy) is 1. The SMILES string of the molecule is COc1ccc(C(O)c2ncc(-c3ccccc3C)[nH]2)cc1. The maximum Gasteiger partial charge on any atom is 0.140 e. The van der Waals surface area contributed by atoms with Crippen LogP contribution in [0.4, 0.5) is 0 Å². The fourth-order valence-corrected chi connectivity index (χ4v) is 2.43. The monoisotopic (exact) mass is 294 g/mol. The minimum Gasteiger partial charge on any atom is -0.497 e. The second-order valence-corrected chi connectivity index (χ2v) is 5.17. The van der Waals surface area contributed by atoms with Crippen LogP contribution in [0.15, 0.2) is 54.7 Å². The van der Waals surface area contributed by atoms with Gasteiger partial charge in [0.15, 0.2) is 0 Å². The zero-order chi connectivity index (χ0) is 15.5. The molecule has 0 fully saturated rings. The zero-order valence-electron chi connectivity index (χ0n) is 12.6. The summed E-state index contributed by atoms with van der Waals surface area (Å²) in [6.45, 7) is 2.05. The van der Waals surface area contributed by atoms with E-state index in [1.54, 1.807) is 13.3 Å². The molecule has 3 aromatic rings. The van der Waals surface area contributed by atoms with Crippen LogP contribution in [0.25, 0.3) is 11.3 Å². The molecule has 0 bridgehead atoms. The Morgan fingerprint density at radius 3 is 2.50 bits per heavy atom. The Bertz CT molecular complexity index is 763. The number of H-pyrrole nitrogens is 1. The van der Waals surface area contributed by atoms with Crippen molar-refractivity contribution in [2.75, 3.05) is 7.11 Å². The van der Waals surface area contributed by atoms with Gasteiger partial charge in [0.25, 0.3) is 0 Å². The van der Waals surface area contributed by atoms with Crippen molar-refractivity contribution in [1.29, 1.82) is 0 Å². The highest BCUT2D eigenvalue weighted by Crippen LogP contribution is 2.26. The van der Waals surface area contributed by atoms with Crippen molar-refractivity contribution in [2.24, 2.45) is 0 Å². The summed E-state index contributed by atoms with van der Waals surface area (Å²) in [4.78, 5) is 7.52. The summed E-state index contributed by atoms with van der Waals surface area (Å²) in [5.41, 5.74) is 3.92. The van der Waals surface area contributed by atoms with Crippen molar-refractivity contribution < 1.29 is 9.84 Å². The Morgan fingerprint density at radius 2 is 1.82 bits per heavy atom. The lowest BCUT2D eigenvalue weighted by Crippen LogP contribution is -2.02.